The molecule has 0 aromatic heterocycles. The highest BCUT2D eigenvalue weighted by Gasteiger charge is 2.21. The van der Waals surface area contributed by atoms with E-state index in [0.29, 0.717) is 24.5 Å². The molecule has 3 aromatic rings. The van der Waals surface area contributed by atoms with Crippen molar-refractivity contribution in [3.05, 3.63) is 94.5 Å². The summed E-state index contributed by atoms with van der Waals surface area (Å²) in [6, 6.07) is 22.0. The lowest BCUT2D eigenvalue weighted by molar-refractivity contribution is 0.0694. The lowest BCUT2D eigenvalue weighted by Crippen LogP contribution is -2.24. The summed E-state index contributed by atoms with van der Waals surface area (Å²) in [6.07, 6.45) is 0. The van der Waals surface area contributed by atoms with Gasteiger partial charge in [-0.2, -0.15) is 0 Å². The van der Waals surface area contributed by atoms with Crippen LogP contribution in [0, 0.1) is 13.8 Å². The summed E-state index contributed by atoms with van der Waals surface area (Å²) in [5.41, 5.74) is 5.47. The first-order chi connectivity index (χ1) is 13.5. The Morgan fingerprint density at radius 2 is 1.36 bits per heavy atom. The van der Waals surface area contributed by atoms with Gasteiger partial charge in [0.2, 0.25) is 0 Å². The second-order valence-corrected chi connectivity index (χ2v) is 6.99. The van der Waals surface area contributed by atoms with Crippen molar-refractivity contribution in [1.29, 1.82) is 0 Å². The van der Waals surface area contributed by atoms with Crippen molar-refractivity contribution in [2.45, 2.75) is 26.9 Å². The van der Waals surface area contributed by atoms with E-state index >= 15 is 0 Å². The predicted molar refractivity (Wildman–Crippen MR) is 112 cm³/mol. The Morgan fingerprint density at radius 1 is 0.857 bits per heavy atom. The van der Waals surface area contributed by atoms with Gasteiger partial charge in [0, 0.05) is 13.1 Å². The average molecular weight is 375 g/mol. The van der Waals surface area contributed by atoms with Crippen LogP contribution < -0.4 is 9.64 Å². The number of rotatable bonds is 7. The highest BCUT2D eigenvalue weighted by atomic mass is 16.5. The number of benzene rings is 3. The zero-order chi connectivity index (χ0) is 20.1. The molecule has 0 saturated heterocycles. The standard InChI is InChI=1S/C24H25NO3/c1-17-7-11-19(12-8-17)15-25(16-20-13-9-18(2)10-14-20)21-5-4-6-22(28-3)23(21)24(26)27/h4-14H,15-16H2,1-3H3,(H,26,27). The molecule has 0 fully saturated rings. The molecule has 0 amide bonds. The third-order valence-corrected chi connectivity index (χ3v) is 4.77. The Hall–Kier alpha value is -3.27. The van der Waals surface area contributed by atoms with E-state index in [1.165, 1.54) is 18.2 Å². The minimum atomic E-state index is -0.995. The summed E-state index contributed by atoms with van der Waals surface area (Å²) in [7, 11) is 1.50. The number of aromatic carboxylic acids is 1. The van der Waals surface area contributed by atoms with Crippen LogP contribution in [0.1, 0.15) is 32.6 Å². The number of carbonyl (C=O) groups is 1. The highest BCUT2D eigenvalue weighted by Crippen LogP contribution is 2.31. The van der Waals surface area contributed by atoms with Crippen LogP contribution in [0.15, 0.2) is 66.7 Å². The van der Waals surface area contributed by atoms with Crippen LogP contribution in [0.4, 0.5) is 5.69 Å². The van der Waals surface area contributed by atoms with E-state index in [0.717, 1.165) is 11.1 Å². The number of aryl methyl sites for hydroxylation is 2. The van der Waals surface area contributed by atoms with Gasteiger partial charge in [0.05, 0.1) is 12.8 Å². The zero-order valence-corrected chi connectivity index (χ0v) is 16.5. The molecule has 0 unspecified atom stereocenters. The Bertz CT molecular complexity index is 899. The molecule has 0 bridgehead atoms. The summed E-state index contributed by atoms with van der Waals surface area (Å²) < 4.78 is 5.32. The molecule has 0 atom stereocenters. The molecule has 0 aliphatic carbocycles. The van der Waals surface area contributed by atoms with Gasteiger partial charge in [-0.05, 0) is 37.1 Å². The van der Waals surface area contributed by atoms with E-state index in [1.807, 2.05) is 12.1 Å². The molecule has 0 saturated carbocycles. The molecule has 4 nitrogen and oxygen atoms in total. The predicted octanol–water partition coefficient (Wildman–Crippen LogP) is 5.22. The first-order valence-electron chi connectivity index (χ1n) is 9.24. The van der Waals surface area contributed by atoms with Crippen molar-refractivity contribution in [3.63, 3.8) is 0 Å². The maximum Gasteiger partial charge on any atom is 0.341 e. The van der Waals surface area contributed by atoms with Gasteiger partial charge in [-0.25, -0.2) is 4.79 Å². The zero-order valence-electron chi connectivity index (χ0n) is 16.5. The number of carboxylic acid groups (broad SMARTS) is 1. The number of ether oxygens (including phenoxy) is 1. The maximum atomic E-state index is 12.0. The summed E-state index contributed by atoms with van der Waals surface area (Å²) in [6.45, 7) is 5.31. The van der Waals surface area contributed by atoms with E-state index in [-0.39, 0.29) is 5.56 Å². The van der Waals surface area contributed by atoms with Gasteiger partial charge in [0.25, 0.3) is 0 Å². The molecule has 3 rings (SSSR count). The first-order valence-corrected chi connectivity index (χ1v) is 9.24. The third-order valence-electron chi connectivity index (χ3n) is 4.77. The quantitative estimate of drug-likeness (QED) is 0.615. The maximum absolute atomic E-state index is 12.0. The Kier molecular flexibility index (Phi) is 5.99. The SMILES string of the molecule is COc1cccc(N(Cc2ccc(C)cc2)Cc2ccc(C)cc2)c1C(=O)O. The van der Waals surface area contributed by atoms with Gasteiger partial charge in [-0.1, -0.05) is 65.7 Å². The van der Waals surface area contributed by atoms with E-state index in [4.69, 9.17) is 4.74 Å². The van der Waals surface area contributed by atoms with Gasteiger partial charge in [0.1, 0.15) is 11.3 Å². The average Bonchev–Trinajstić information content (AvgIpc) is 2.70. The van der Waals surface area contributed by atoms with Gasteiger partial charge in [-0.3, -0.25) is 0 Å². The lowest BCUT2D eigenvalue weighted by Gasteiger charge is -2.27. The fourth-order valence-corrected chi connectivity index (χ4v) is 3.22. The number of hydrogen-bond acceptors (Lipinski definition) is 3. The second-order valence-electron chi connectivity index (χ2n) is 6.99. The smallest absolute Gasteiger partial charge is 0.341 e. The minimum absolute atomic E-state index is 0.184. The molecular weight excluding hydrogens is 350 g/mol. The summed E-state index contributed by atoms with van der Waals surface area (Å²) in [4.78, 5) is 14.1. The van der Waals surface area contributed by atoms with Crippen LogP contribution >= 0.6 is 0 Å². The molecule has 0 aliphatic rings. The third kappa shape index (κ3) is 4.52. The Balaban J connectivity index is 2.03. The molecule has 4 heteroatoms. The van der Waals surface area contributed by atoms with Crippen molar-refractivity contribution < 1.29 is 14.6 Å². The van der Waals surface area contributed by atoms with Crippen molar-refractivity contribution in [2.75, 3.05) is 12.0 Å². The van der Waals surface area contributed by atoms with Gasteiger partial charge < -0.3 is 14.7 Å². The Labute approximate surface area is 166 Å². The number of hydrogen-bond donors (Lipinski definition) is 1. The molecule has 0 aliphatic heterocycles. The van der Waals surface area contributed by atoms with Gasteiger partial charge in [-0.15, -0.1) is 0 Å². The lowest BCUT2D eigenvalue weighted by atomic mass is 10.1. The van der Waals surface area contributed by atoms with E-state index < -0.39 is 5.97 Å². The van der Waals surface area contributed by atoms with Crippen LogP contribution in [-0.2, 0) is 13.1 Å². The Morgan fingerprint density at radius 3 is 1.79 bits per heavy atom. The van der Waals surface area contributed by atoms with E-state index in [2.05, 4.69) is 67.3 Å². The number of carboxylic acids is 1. The molecule has 1 N–H and O–H groups in total. The van der Waals surface area contributed by atoms with Crippen LogP contribution in [-0.4, -0.2) is 18.2 Å². The van der Waals surface area contributed by atoms with Crippen LogP contribution in [0.3, 0.4) is 0 Å². The van der Waals surface area contributed by atoms with Crippen LogP contribution in [0.2, 0.25) is 0 Å². The molecular formula is C24H25NO3. The van der Waals surface area contributed by atoms with Crippen molar-refractivity contribution in [3.8, 4) is 5.75 Å². The molecule has 0 radical (unpaired) electrons. The van der Waals surface area contributed by atoms with Crippen molar-refractivity contribution in [2.24, 2.45) is 0 Å². The van der Waals surface area contributed by atoms with Gasteiger partial charge in [0.15, 0.2) is 0 Å². The van der Waals surface area contributed by atoms with Crippen LogP contribution in [0.25, 0.3) is 0 Å². The number of nitrogens with zero attached hydrogens (tertiary/aromatic N) is 1. The molecule has 28 heavy (non-hydrogen) atoms. The van der Waals surface area contributed by atoms with Crippen molar-refractivity contribution >= 4 is 11.7 Å². The fraction of sp³-hybridized carbons (Fsp3) is 0.208. The summed E-state index contributed by atoms with van der Waals surface area (Å²) in [5.74, 6) is -0.631. The number of anilines is 1. The van der Waals surface area contributed by atoms with Gasteiger partial charge >= 0.3 is 5.97 Å². The molecule has 0 heterocycles. The summed E-state index contributed by atoms with van der Waals surface area (Å²) >= 11 is 0. The summed E-state index contributed by atoms with van der Waals surface area (Å²) in [5, 5.41) is 9.82. The minimum Gasteiger partial charge on any atom is -0.496 e. The monoisotopic (exact) mass is 375 g/mol. The fourth-order valence-electron chi connectivity index (χ4n) is 3.22. The normalized spacial score (nSPS) is 10.5. The first kappa shape index (κ1) is 19.5. The topological polar surface area (TPSA) is 49.8 Å². The second kappa shape index (κ2) is 8.61. The highest BCUT2D eigenvalue weighted by molar-refractivity contribution is 5.97. The van der Waals surface area contributed by atoms with E-state index in [9.17, 15) is 9.90 Å². The largest absolute Gasteiger partial charge is 0.496 e. The number of methoxy groups -OCH3 is 1. The van der Waals surface area contributed by atoms with Crippen LogP contribution in [0.5, 0.6) is 5.75 Å². The molecule has 3 aromatic carbocycles. The molecule has 0 spiro atoms. The van der Waals surface area contributed by atoms with E-state index in [1.54, 1.807) is 6.07 Å². The van der Waals surface area contributed by atoms with Crippen molar-refractivity contribution in [1.82, 2.24) is 0 Å². The molecule has 144 valence electrons.